The SMILES string of the molecule is C=CC(=N)[O-].C=CC(=O)O.C=CC(=O)O.[Na+]. The zero-order chi connectivity index (χ0) is 12.9. The van der Waals surface area contributed by atoms with Crippen LogP contribution in [0.1, 0.15) is 0 Å². The number of hydrogen-bond acceptors (Lipinski definition) is 4. The molecule has 0 spiro atoms. The van der Waals surface area contributed by atoms with E-state index in [1.54, 1.807) is 0 Å². The first-order valence-electron chi connectivity index (χ1n) is 3.40. The molecule has 0 amide bonds. The molecule has 0 fully saturated rings. The van der Waals surface area contributed by atoms with Gasteiger partial charge in [0.15, 0.2) is 0 Å². The van der Waals surface area contributed by atoms with Crippen LogP contribution in [0.5, 0.6) is 0 Å². The summed E-state index contributed by atoms with van der Waals surface area (Å²) in [5, 5.41) is 30.6. The van der Waals surface area contributed by atoms with E-state index in [0.717, 1.165) is 18.2 Å². The predicted octanol–water partition coefficient (Wildman–Crippen LogP) is -2.97. The molecule has 3 N–H and O–H groups in total. The van der Waals surface area contributed by atoms with Gasteiger partial charge in [-0.05, 0) is 5.90 Å². The maximum Gasteiger partial charge on any atom is 1.00 e. The van der Waals surface area contributed by atoms with Crippen molar-refractivity contribution in [1.29, 1.82) is 5.41 Å². The van der Waals surface area contributed by atoms with Crippen molar-refractivity contribution >= 4 is 17.8 Å². The van der Waals surface area contributed by atoms with E-state index in [1.807, 2.05) is 0 Å². The zero-order valence-corrected chi connectivity index (χ0v) is 11.0. The van der Waals surface area contributed by atoms with E-state index in [1.165, 1.54) is 0 Å². The average molecular weight is 237 g/mol. The molecule has 0 rings (SSSR count). The van der Waals surface area contributed by atoms with Crippen molar-refractivity contribution < 1.29 is 54.5 Å². The second kappa shape index (κ2) is 19.2. The molecule has 0 saturated heterocycles. The minimum absolute atomic E-state index is 0. The molecular weight excluding hydrogens is 225 g/mol. The smallest absolute Gasteiger partial charge is 0.859 e. The summed E-state index contributed by atoms with van der Waals surface area (Å²) in [4.78, 5) is 18.5. The molecule has 0 bridgehead atoms. The van der Waals surface area contributed by atoms with Crippen LogP contribution in [0.25, 0.3) is 0 Å². The Bertz CT molecular complexity index is 220. The third-order valence-corrected chi connectivity index (χ3v) is 0.535. The minimum atomic E-state index is -0.981. The molecule has 0 aromatic rings. The second-order valence-corrected chi connectivity index (χ2v) is 1.65. The van der Waals surface area contributed by atoms with Gasteiger partial charge in [-0.2, -0.15) is 0 Å². The van der Waals surface area contributed by atoms with Crippen molar-refractivity contribution in [3.8, 4) is 0 Å². The molecule has 0 saturated carbocycles. The normalized spacial score (nSPS) is 6.00. The summed E-state index contributed by atoms with van der Waals surface area (Å²) in [5.74, 6) is -2.69. The monoisotopic (exact) mass is 237 g/mol. The first-order valence-corrected chi connectivity index (χ1v) is 3.40. The molecule has 0 radical (unpaired) electrons. The number of carboxylic acid groups (broad SMARTS) is 2. The molecule has 0 aliphatic rings. The molecule has 84 valence electrons. The summed E-state index contributed by atoms with van der Waals surface area (Å²) in [7, 11) is 0. The van der Waals surface area contributed by atoms with E-state index in [2.05, 4.69) is 19.7 Å². The quantitative estimate of drug-likeness (QED) is 0.209. The third kappa shape index (κ3) is 79.7. The van der Waals surface area contributed by atoms with Gasteiger partial charge in [-0.1, -0.05) is 25.8 Å². The van der Waals surface area contributed by atoms with Crippen LogP contribution in [-0.2, 0) is 9.59 Å². The fourth-order valence-electron chi connectivity index (χ4n) is 0. The molecule has 0 aromatic carbocycles. The Morgan fingerprint density at radius 2 is 1.12 bits per heavy atom. The first-order chi connectivity index (χ1) is 6.81. The molecule has 0 aliphatic heterocycles. The Labute approximate surface area is 115 Å². The van der Waals surface area contributed by atoms with E-state index >= 15 is 0 Å². The van der Waals surface area contributed by atoms with Crippen LogP contribution < -0.4 is 34.7 Å². The van der Waals surface area contributed by atoms with Crippen LogP contribution in [0.15, 0.2) is 38.0 Å². The summed E-state index contributed by atoms with van der Waals surface area (Å²) in [6.07, 6.45) is 2.61. The Balaban J connectivity index is -0.0000000655. The van der Waals surface area contributed by atoms with Gasteiger partial charge in [-0.15, -0.1) is 0 Å². The Hall–Kier alpha value is -1.37. The van der Waals surface area contributed by atoms with Crippen molar-refractivity contribution in [1.82, 2.24) is 0 Å². The molecule has 0 atom stereocenters. The van der Waals surface area contributed by atoms with Gasteiger partial charge < -0.3 is 20.7 Å². The molecule has 6 nitrogen and oxygen atoms in total. The second-order valence-electron chi connectivity index (χ2n) is 1.65. The van der Waals surface area contributed by atoms with Crippen molar-refractivity contribution in [3.05, 3.63) is 38.0 Å². The third-order valence-electron chi connectivity index (χ3n) is 0.535. The topological polar surface area (TPSA) is 122 Å². The Kier molecular flexibility index (Phi) is 28.9. The number of hydrogen-bond donors (Lipinski definition) is 3. The number of carboxylic acids is 2. The minimum Gasteiger partial charge on any atom is -0.859 e. The number of aliphatic carboxylic acids is 2. The largest absolute Gasteiger partial charge is 1.00 e. The molecule has 16 heavy (non-hydrogen) atoms. The molecule has 0 aromatic heterocycles. The summed E-state index contributed by atoms with van der Waals surface area (Å²) in [6.45, 7) is 8.94. The van der Waals surface area contributed by atoms with E-state index < -0.39 is 17.8 Å². The molecule has 0 aliphatic carbocycles. The van der Waals surface area contributed by atoms with Gasteiger partial charge in [0.25, 0.3) is 0 Å². The zero-order valence-electron chi connectivity index (χ0n) is 8.97. The first kappa shape index (κ1) is 24.1. The summed E-state index contributed by atoms with van der Waals surface area (Å²) >= 11 is 0. The standard InChI is InChI=1S/C3H5NO.2C3H4O2.Na/c3*1-2-3(4)5;/h2H,1H2,(H2,4,5);2*2H,1H2,(H,4,5);/q;;;+1/p-1. The number of rotatable bonds is 3. The van der Waals surface area contributed by atoms with Crippen molar-refractivity contribution in [2.24, 2.45) is 0 Å². The van der Waals surface area contributed by atoms with Crippen LogP contribution in [0.4, 0.5) is 0 Å². The van der Waals surface area contributed by atoms with Gasteiger partial charge in [0.2, 0.25) is 0 Å². The van der Waals surface area contributed by atoms with Crippen molar-refractivity contribution in [3.63, 3.8) is 0 Å². The van der Waals surface area contributed by atoms with Crippen LogP contribution in [-0.4, -0.2) is 28.0 Å². The van der Waals surface area contributed by atoms with Gasteiger partial charge in [-0.25, -0.2) is 9.59 Å². The van der Waals surface area contributed by atoms with Gasteiger partial charge in [0.1, 0.15) is 0 Å². The maximum atomic E-state index is 9.36. The summed E-state index contributed by atoms with van der Waals surface area (Å²) < 4.78 is 0. The molecule has 0 unspecified atom stereocenters. The van der Waals surface area contributed by atoms with Gasteiger partial charge in [0.05, 0.1) is 0 Å². The Morgan fingerprint density at radius 1 is 1.00 bits per heavy atom. The number of nitrogens with one attached hydrogen (secondary N) is 1. The summed E-state index contributed by atoms with van der Waals surface area (Å²) in [5.41, 5.74) is 0. The van der Waals surface area contributed by atoms with Crippen molar-refractivity contribution in [2.75, 3.05) is 0 Å². The maximum absolute atomic E-state index is 9.36. The Morgan fingerprint density at radius 3 is 1.12 bits per heavy atom. The molecular formula is C9H12NNaO5. The van der Waals surface area contributed by atoms with Crippen LogP contribution >= 0.6 is 0 Å². The fourth-order valence-corrected chi connectivity index (χ4v) is 0. The molecule has 7 heteroatoms. The van der Waals surface area contributed by atoms with Crippen LogP contribution in [0, 0.1) is 5.41 Å². The fraction of sp³-hybridized carbons (Fsp3) is 0. The molecule has 0 heterocycles. The van der Waals surface area contributed by atoms with Crippen LogP contribution in [0.3, 0.4) is 0 Å². The van der Waals surface area contributed by atoms with Gasteiger partial charge in [0, 0.05) is 12.2 Å². The summed E-state index contributed by atoms with van der Waals surface area (Å²) in [6, 6.07) is 0. The van der Waals surface area contributed by atoms with Gasteiger partial charge in [-0.3, -0.25) is 0 Å². The van der Waals surface area contributed by atoms with E-state index in [4.69, 9.17) is 15.6 Å². The number of carbonyl (C=O) groups is 2. The van der Waals surface area contributed by atoms with Crippen molar-refractivity contribution in [2.45, 2.75) is 0 Å². The van der Waals surface area contributed by atoms with Crippen LogP contribution in [0.2, 0.25) is 0 Å². The van der Waals surface area contributed by atoms with E-state index in [-0.39, 0.29) is 29.6 Å². The van der Waals surface area contributed by atoms with Gasteiger partial charge >= 0.3 is 41.5 Å². The average Bonchev–Trinajstić information content (AvgIpc) is 2.19. The predicted molar refractivity (Wildman–Crippen MR) is 53.6 cm³/mol. The van der Waals surface area contributed by atoms with E-state index in [0.29, 0.717) is 0 Å². The van der Waals surface area contributed by atoms with E-state index in [9.17, 15) is 14.7 Å².